The molecule has 0 radical (unpaired) electrons. The third kappa shape index (κ3) is 3.78. The molecule has 19 heavy (non-hydrogen) atoms. The third-order valence-electron chi connectivity index (χ3n) is 3.98. The second-order valence-electron chi connectivity index (χ2n) is 5.40. The van der Waals surface area contributed by atoms with Crippen molar-refractivity contribution in [3.63, 3.8) is 0 Å². The average molecular weight is 262 g/mol. The Bertz CT molecular complexity index is 406. The molecule has 1 aromatic rings. The monoisotopic (exact) mass is 262 g/mol. The molecule has 0 spiro atoms. The van der Waals surface area contributed by atoms with Gasteiger partial charge in [0.15, 0.2) is 0 Å². The Morgan fingerprint density at radius 2 is 2.21 bits per heavy atom. The van der Waals surface area contributed by atoms with E-state index in [2.05, 4.69) is 42.3 Å². The molecular weight excluding hydrogens is 236 g/mol. The number of methoxy groups -OCH3 is 1. The Morgan fingerprint density at radius 1 is 1.37 bits per heavy atom. The fourth-order valence-electron chi connectivity index (χ4n) is 2.79. The highest BCUT2D eigenvalue weighted by atomic mass is 16.5. The molecule has 0 aromatic heterocycles. The van der Waals surface area contributed by atoms with Crippen LogP contribution in [0.5, 0.6) is 0 Å². The molecule has 1 heterocycles. The first-order valence-electron chi connectivity index (χ1n) is 7.29. The summed E-state index contributed by atoms with van der Waals surface area (Å²) in [6.45, 7) is 9.43. The van der Waals surface area contributed by atoms with Crippen molar-refractivity contribution in [2.75, 3.05) is 26.8 Å². The second kappa shape index (κ2) is 7.04. The van der Waals surface area contributed by atoms with E-state index in [-0.39, 0.29) is 0 Å². The molecule has 3 heteroatoms. The van der Waals surface area contributed by atoms with E-state index in [4.69, 9.17) is 4.74 Å². The maximum atomic E-state index is 5.26. The minimum absolute atomic E-state index is 0.462. The van der Waals surface area contributed by atoms with Crippen molar-refractivity contribution in [1.82, 2.24) is 10.2 Å². The second-order valence-corrected chi connectivity index (χ2v) is 5.40. The van der Waals surface area contributed by atoms with Gasteiger partial charge >= 0.3 is 0 Å². The van der Waals surface area contributed by atoms with Gasteiger partial charge in [-0.3, -0.25) is 4.90 Å². The van der Waals surface area contributed by atoms with Crippen molar-refractivity contribution in [1.29, 1.82) is 0 Å². The zero-order valence-electron chi connectivity index (χ0n) is 12.4. The molecule has 106 valence electrons. The fourth-order valence-corrected chi connectivity index (χ4v) is 2.79. The van der Waals surface area contributed by atoms with Crippen LogP contribution in [0.3, 0.4) is 0 Å². The van der Waals surface area contributed by atoms with E-state index in [0.29, 0.717) is 6.04 Å². The SMILES string of the molecule is CCN(Cc1ccc2c(c1)CNCC2)C(C)COC. The van der Waals surface area contributed by atoms with Crippen molar-refractivity contribution in [3.05, 3.63) is 34.9 Å². The highest BCUT2D eigenvalue weighted by Crippen LogP contribution is 2.17. The van der Waals surface area contributed by atoms with Gasteiger partial charge in [-0.1, -0.05) is 25.1 Å². The minimum Gasteiger partial charge on any atom is -0.383 e. The van der Waals surface area contributed by atoms with E-state index >= 15 is 0 Å². The first kappa shape index (κ1) is 14.5. The van der Waals surface area contributed by atoms with Crippen LogP contribution in [0.1, 0.15) is 30.5 Å². The molecule has 0 fully saturated rings. The van der Waals surface area contributed by atoms with Gasteiger partial charge in [0.2, 0.25) is 0 Å². The molecule has 1 aliphatic heterocycles. The molecule has 0 bridgehead atoms. The highest BCUT2D eigenvalue weighted by Gasteiger charge is 2.14. The van der Waals surface area contributed by atoms with Crippen LogP contribution in [0, 0.1) is 0 Å². The number of rotatable bonds is 6. The molecular formula is C16H26N2O. The summed E-state index contributed by atoms with van der Waals surface area (Å²) < 4.78 is 5.26. The van der Waals surface area contributed by atoms with Crippen LogP contribution in [-0.2, 0) is 24.2 Å². The standard InChI is InChI=1S/C16H26N2O/c1-4-18(13(2)12-19-3)11-14-5-6-15-7-8-17-10-16(15)9-14/h5-6,9,13,17H,4,7-8,10-12H2,1-3H3. The zero-order valence-corrected chi connectivity index (χ0v) is 12.4. The van der Waals surface area contributed by atoms with Gasteiger partial charge in [0.25, 0.3) is 0 Å². The van der Waals surface area contributed by atoms with Gasteiger partial charge in [0, 0.05) is 26.2 Å². The highest BCUT2D eigenvalue weighted by molar-refractivity contribution is 5.33. The normalized spacial score (nSPS) is 16.4. The summed E-state index contributed by atoms with van der Waals surface area (Å²) in [6, 6.07) is 7.42. The van der Waals surface area contributed by atoms with Crippen molar-refractivity contribution in [2.45, 2.75) is 39.4 Å². The lowest BCUT2D eigenvalue weighted by atomic mass is 9.98. The smallest absolute Gasteiger partial charge is 0.0615 e. The fraction of sp³-hybridized carbons (Fsp3) is 0.625. The topological polar surface area (TPSA) is 24.5 Å². The summed E-state index contributed by atoms with van der Waals surface area (Å²) in [4.78, 5) is 2.46. The van der Waals surface area contributed by atoms with Gasteiger partial charge in [0.1, 0.15) is 0 Å². The van der Waals surface area contributed by atoms with Crippen LogP contribution in [0.15, 0.2) is 18.2 Å². The van der Waals surface area contributed by atoms with E-state index < -0.39 is 0 Å². The summed E-state index contributed by atoms with van der Waals surface area (Å²) in [5.74, 6) is 0. The number of benzene rings is 1. The van der Waals surface area contributed by atoms with Crippen molar-refractivity contribution in [3.8, 4) is 0 Å². The number of ether oxygens (including phenoxy) is 1. The van der Waals surface area contributed by atoms with Crippen molar-refractivity contribution in [2.24, 2.45) is 0 Å². The summed E-state index contributed by atoms with van der Waals surface area (Å²) in [5.41, 5.74) is 4.39. The predicted molar refractivity (Wildman–Crippen MR) is 79.3 cm³/mol. The molecule has 0 aliphatic carbocycles. The van der Waals surface area contributed by atoms with Crippen molar-refractivity contribution < 1.29 is 4.74 Å². The van der Waals surface area contributed by atoms with Crippen molar-refractivity contribution >= 4 is 0 Å². The maximum absolute atomic E-state index is 5.26. The number of fused-ring (bicyclic) bond motifs is 1. The lowest BCUT2D eigenvalue weighted by molar-refractivity contribution is 0.0982. The molecule has 0 saturated heterocycles. The largest absolute Gasteiger partial charge is 0.383 e. The van der Waals surface area contributed by atoms with E-state index in [0.717, 1.165) is 39.2 Å². The average Bonchev–Trinajstić information content (AvgIpc) is 2.44. The molecule has 1 aliphatic rings. The predicted octanol–water partition coefficient (Wildman–Crippen LogP) is 2.19. The lowest BCUT2D eigenvalue weighted by Crippen LogP contribution is -2.35. The number of hydrogen-bond donors (Lipinski definition) is 1. The summed E-state index contributed by atoms with van der Waals surface area (Å²) in [6.07, 6.45) is 1.16. The Kier molecular flexibility index (Phi) is 5.37. The summed E-state index contributed by atoms with van der Waals surface area (Å²) in [5, 5.41) is 3.44. The number of hydrogen-bond acceptors (Lipinski definition) is 3. The van der Waals surface area contributed by atoms with Gasteiger partial charge in [-0.05, 0) is 43.1 Å². The van der Waals surface area contributed by atoms with Crippen LogP contribution in [-0.4, -0.2) is 37.7 Å². The maximum Gasteiger partial charge on any atom is 0.0615 e. The minimum atomic E-state index is 0.462. The Labute approximate surface area is 116 Å². The van der Waals surface area contributed by atoms with Crippen LogP contribution < -0.4 is 5.32 Å². The van der Waals surface area contributed by atoms with Crippen LogP contribution in [0.2, 0.25) is 0 Å². The third-order valence-corrected chi connectivity index (χ3v) is 3.98. The van der Waals surface area contributed by atoms with E-state index in [1.165, 1.54) is 16.7 Å². The number of likely N-dealkylation sites (N-methyl/N-ethyl adjacent to an activating group) is 1. The van der Waals surface area contributed by atoms with Gasteiger partial charge in [-0.15, -0.1) is 0 Å². The molecule has 1 atom stereocenters. The lowest BCUT2D eigenvalue weighted by Gasteiger charge is -2.28. The summed E-state index contributed by atoms with van der Waals surface area (Å²) in [7, 11) is 1.77. The Balaban J connectivity index is 2.05. The van der Waals surface area contributed by atoms with E-state index in [1.54, 1.807) is 7.11 Å². The zero-order chi connectivity index (χ0) is 13.7. The first-order valence-corrected chi connectivity index (χ1v) is 7.29. The van der Waals surface area contributed by atoms with Gasteiger partial charge in [-0.2, -0.15) is 0 Å². The molecule has 0 saturated carbocycles. The number of nitrogens with one attached hydrogen (secondary N) is 1. The van der Waals surface area contributed by atoms with E-state index in [9.17, 15) is 0 Å². The first-order chi connectivity index (χ1) is 9.24. The van der Waals surface area contributed by atoms with Gasteiger partial charge in [-0.25, -0.2) is 0 Å². The Hall–Kier alpha value is -0.900. The van der Waals surface area contributed by atoms with Crippen LogP contribution in [0.4, 0.5) is 0 Å². The quantitative estimate of drug-likeness (QED) is 0.850. The molecule has 2 rings (SSSR count). The van der Waals surface area contributed by atoms with Gasteiger partial charge < -0.3 is 10.1 Å². The number of nitrogens with zero attached hydrogens (tertiary/aromatic N) is 1. The van der Waals surface area contributed by atoms with Crippen LogP contribution in [0.25, 0.3) is 0 Å². The van der Waals surface area contributed by atoms with Gasteiger partial charge in [0.05, 0.1) is 6.61 Å². The van der Waals surface area contributed by atoms with Crippen LogP contribution >= 0.6 is 0 Å². The molecule has 1 N–H and O–H groups in total. The Morgan fingerprint density at radius 3 is 2.95 bits per heavy atom. The molecule has 1 unspecified atom stereocenters. The molecule has 3 nitrogen and oxygen atoms in total. The molecule has 1 aromatic carbocycles. The summed E-state index contributed by atoms with van der Waals surface area (Å²) >= 11 is 0. The van der Waals surface area contributed by atoms with E-state index in [1.807, 2.05) is 0 Å². The molecule has 0 amide bonds.